The summed E-state index contributed by atoms with van der Waals surface area (Å²) in [6.45, 7) is 1.65. The monoisotopic (exact) mass is 231 g/mol. The number of rotatable bonds is 4. The third kappa shape index (κ3) is 2.72. The third-order valence-corrected chi connectivity index (χ3v) is 2.49. The minimum absolute atomic E-state index is 0.0263. The molecule has 0 saturated heterocycles. The molecule has 2 rings (SSSR count). The fourth-order valence-electron chi connectivity index (χ4n) is 1.71. The van der Waals surface area contributed by atoms with Gasteiger partial charge in [0.05, 0.1) is 0 Å². The Morgan fingerprint density at radius 2 is 2.00 bits per heavy atom. The minimum atomic E-state index is -1.04. The highest BCUT2D eigenvalue weighted by atomic mass is 16.4. The van der Waals surface area contributed by atoms with Crippen molar-refractivity contribution < 1.29 is 14.3 Å². The Morgan fingerprint density at radius 1 is 1.29 bits per heavy atom. The highest BCUT2D eigenvalue weighted by Crippen LogP contribution is 2.14. The summed E-state index contributed by atoms with van der Waals surface area (Å²) in [6.07, 6.45) is 1.29. The maximum atomic E-state index is 10.9. The van der Waals surface area contributed by atoms with Gasteiger partial charge in [0, 0.05) is 13.3 Å². The van der Waals surface area contributed by atoms with Crippen molar-refractivity contribution in [3.63, 3.8) is 0 Å². The van der Waals surface area contributed by atoms with Crippen LogP contribution in [0.25, 0.3) is 0 Å². The molecule has 1 N–H and O–H groups in total. The van der Waals surface area contributed by atoms with E-state index >= 15 is 0 Å². The summed E-state index contributed by atoms with van der Waals surface area (Å²) in [6, 6.07) is 9.87. The van der Waals surface area contributed by atoms with Gasteiger partial charge in [0.15, 0.2) is 11.6 Å². The van der Waals surface area contributed by atoms with Gasteiger partial charge in [-0.25, -0.2) is 9.78 Å². The van der Waals surface area contributed by atoms with Gasteiger partial charge in [0.25, 0.3) is 0 Å². The van der Waals surface area contributed by atoms with Crippen LogP contribution in [0.2, 0.25) is 0 Å². The predicted octanol–water partition coefficient (Wildman–Crippen LogP) is 2.47. The lowest BCUT2D eigenvalue weighted by molar-refractivity contribution is 0.0688. The maximum Gasteiger partial charge on any atom is 0.358 e. The first-order chi connectivity index (χ1) is 8.16. The first-order valence-electron chi connectivity index (χ1n) is 5.40. The van der Waals surface area contributed by atoms with Crippen molar-refractivity contribution in [2.45, 2.75) is 19.8 Å². The minimum Gasteiger partial charge on any atom is -0.476 e. The topological polar surface area (TPSA) is 63.3 Å². The first-order valence-corrected chi connectivity index (χ1v) is 5.40. The summed E-state index contributed by atoms with van der Waals surface area (Å²) in [5.74, 6) is -0.200. The van der Waals surface area contributed by atoms with Crippen molar-refractivity contribution in [1.29, 1.82) is 0 Å². The number of aryl methyl sites for hydroxylation is 3. The molecule has 1 aromatic carbocycles. The zero-order chi connectivity index (χ0) is 12.3. The smallest absolute Gasteiger partial charge is 0.358 e. The summed E-state index contributed by atoms with van der Waals surface area (Å²) >= 11 is 0. The second kappa shape index (κ2) is 4.82. The van der Waals surface area contributed by atoms with Crippen molar-refractivity contribution in [1.82, 2.24) is 4.98 Å². The number of benzene rings is 1. The second-order valence-corrected chi connectivity index (χ2v) is 3.80. The summed E-state index contributed by atoms with van der Waals surface area (Å²) < 4.78 is 5.31. The SMILES string of the molecule is Cc1nc(C(=O)O)c(CCc2ccccc2)o1. The van der Waals surface area contributed by atoms with E-state index in [1.165, 1.54) is 0 Å². The zero-order valence-corrected chi connectivity index (χ0v) is 9.51. The van der Waals surface area contributed by atoms with Crippen LogP contribution >= 0.6 is 0 Å². The lowest BCUT2D eigenvalue weighted by atomic mass is 10.1. The number of carboxylic acids is 1. The van der Waals surface area contributed by atoms with Crippen LogP contribution in [0.5, 0.6) is 0 Å². The molecule has 0 fully saturated rings. The summed E-state index contributed by atoms with van der Waals surface area (Å²) in [5.41, 5.74) is 1.18. The van der Waals surface area contributed by atoms with Crippen LogP contribution in [-0.2, 0) is 12.8 Å². The van der Waals surface area contributed by atoms with E-state index in [4.69, 9.17) is 9.52 Å². The van der Waals surface area contributed by atoms with Crippen LogP contribution in [0, 0.1) is 6.92 Å². The fraction of sp³-hybridized carbons (Fsp3) is 0.231. The van der Waals surface area contributed by atoms with Crippen molar-refractivity contribution in [3.8, 4) is 0 Å². The largest absolute Gasteiger partial charge is 0.476 e. The Bertz CT molecular complexity index is 517. The number of carbonyl (C=O) groups is 1. The summed E-state index contributed by atoms with van der Waals surface area (Å²) in [7, 11) is 0. The van der Waals surface area contributed by atoms with Crippen LogP contribution in [0.4, 0.5) is 0 Å². The molecule has 0 amide bonds. The molecule has 0 aliphatic heterocycles. The lowest BCUT2D eigenvalue weighted by Gasteiger charge is -1.99. The number of hydrogen-bond acceptors (Lipinski definition) is 3. The molecule has 17 heavy (non-hydrogen) atoms. The molecule has 4 nitrogen and oxygen atoms in total. The Kier molecular flexibility index (Phi) is 3.23. The summed E-state index contributed by atoms with van der Waals surface area (Å²) in [4.78, 5) is 14.8. The molecule has 0 unspecified atom stereocenters. The Balaban J connectivity index is 2.11. The van der Waals surface area contributed by atoms with E-state index in [9.17, 15) is 4.79 Å². The zero-order valence-electron chi connectivity index (χ0n) is 9.51. The molecule has 0 radical (unpaired) electrons. The van der Waals surface area contributed by atoms with Gasteiger partial charge in [-0.3, -0.25) is 0 Å². The van der Waals surface area contributed by atoms with Crippen LogP contribution < -0.4 is 0 Å². The molecular formula is C13H13NO3. The molecule has 0 spiro atoms. The highest BCUT2D eigenvalue weighted by Gasteiger charge is 2.17. The van der Waals surface area contributed by atoms with E-state index in [2.05, 4.69) is 4.98 Å². The molecule has 0 atom stereocenters. The van der Waals surface area contributed by atoms with Crippen LogP contribution in [0.1, 0.15) is 27.7 Å². The molecule has 0 bridgehead atoms. The highest BCUT2D eigenvalue weighted by molar-refractivity contribution is 5.86. The lowest BCUT2D eigenvalue weighted by Crippen LogP contribution is -2.02. The van der Waals surface area contributed by atoms with E-state index in [-0.39, 0.29) is 5.69 Å². The van der Waals surface area contributed by atoms with E-state index in [1.807, 2.05) is 30.3 Å². The first kappa shape index (κ1) is 11.4. The number of nitrogens with zero attached hydrogens (tertiary/aromatic N) is 1. The Morgan fingerprint density at radius 3 is 2.65 bits per heavy atom. The second-order valence-electron chi connectivity index (χ2n) is 3.80. The van der Waals surface area contributed by atoms with Crippen molar-refractivity contribution in [2.24, 2.45) is 0 Å². The standard InChI is InChI=1S/C13H13NO3/c1-9-14-12(13(15)16)11(17-9)8-7-10-5-3-2-4-6-10/h2-6H,7-8H2,1H3,(H,15,16). The fourth-order valence-corrected chi connectivity index (χ4v) is 1.71. The van der Waals surface area contributed by atoms with Crippen LogP contribution in [0.3, 0.4) is 0 Å². The number of oxazole rings is 1. The maximum absolute atomic E-state index is 10.9. The Hall–Kier alpha value is -2.10. The van der Waals surface area contributed by atoms with Gasteiger partial charge in [-0.05, 0) is 12.0 Å². The Labute approximate surface area is 98.9 Å². The van der Waals surface area contributed by atoms with Crippen molar-refractivity contribution in [3.05, 3.63) is 53.2 Å². The molecule has 1 aromatic heterocycles. The van der Waals surface area contributed by atoms with Gasteiger partial charge in [-0.15, -0.1) is 0 Å². The third-order valence-electron chi connectivity index (χ3n) is 2.49. The van der Waals surface area contributed by atoms with Gasteiger partial charge in [0.2, 0.25) is 0 Å². The average molecular weight is 231 g/mol. The molecular weight excluding hydrogens is 218 g/mol. The van der Waals surface area contributed by atoms with E-state index < -0.39 is 5.97 Å². The molecule has 0 aliphatic carbocycles. The quantitative estimate of drug-likeness (QED) is 0.877. The number of carboxylic acid groups (broad SMARTS) is 1. The average Bonchev–Trinajstić information content (AvgIpc) is 2.69. The number of aromatic nitrogens is 1. The van der Waals surface area contributed by atoms with Gasteiger partial charge < -0.3 is 9.52 Å². The van der Waals surface area contributed by atoms with Gasteiger partial charge in [-0.1, -0.05) is 30.3 Å². The van der Waals surface area contributed by atoms with Crippen molar-refractivity contribution >= 4 is 5.97 Å². The molecule has 1 heterocycles. The number of hydrogen-bond donors (Lipinski definition) is 1. The van der Waals surface area contributed by atoms with E-state index in [0.717, 1.165) is 12.0 Å². The number of aromatic carboxylic acids is 1. The normalized spacial score (nSPS) is 10.4. The molecule has 2 aromatic rings. The van der Waals surface area contributed by atoms with Crippen LogP contribution in [0.15, 0.2) is 34.7 Å². The van der Waals surface area contributed by atoms with E-state index in [1.54, 1.807) is 6.92 Å². The molecule has 0 saturated carbocycles. The van der Waals surface area contributed by atoms with Crippen molar-refractivity contribution in [2.75, 3.05) is 0 Å². The van der Waals surface area contributed by atoms with E-state index in [0.29, 0.717) is 18.1 Å². The molecule has 4 heteroatoms. The molecule has 88 valence electrons. The predicted molar refractivity (Wildman–Crippen MR) is 62.0 cm³/mol. The van der Waals surface area contributed by atoms with Gasteiger partial charge in [0.1, 0.15) is 5.76 Å². The molecule has 0 aliphatic rings. The van der Waals surface area contributed by atoms with Crippen LogP contribution in [-0.4, -0.2) is 16.1 Å². The van der Waals surface area contributed by atoms with Gasteiger partial charge in [-0.2, -0.15) is 0 Å². The summed E-state index contributed by atoms with van der Waals surface area (Å²) in [5, 5.41) is 8.95. The van der Waals surface area contributed by atoms with Gasteiger partial charge >= 0.3 is 5.97 Å².